The molecule has 2 unspecified atom stereocenters. The molecule has 1 aromatic heterocycles. The van der Waals surface area contributed by atoms with Gasteiger partial charge in [-0.2, -0.15) is 5.10 Å². The van der Waals surface area contributed by atoms with Gasteiger partial charge in [0.15, 0.2) is 0 Å². The van der Waals surface area contributed by atoms with Crippen molar-refractivity contribution in [1.29, 1.82) is 0 Å². The van der Waals surface area contributed by atoms with Crippen molar-refractivity contribution in [3.63, 3.8) is 0 Å². The Labute approximate surface area is 230 Å². The lowest BCUT2D eigenvalue weighted by molar-refractivity contribution is -0.126. The summed E-state index contributed by atoms with van der Waals surface area (Å²) in [7, 11) is 1.70. The highest BCUT2D eigenvalue weighted by molar-refractivity contribution is 5.92. The predicted molar refractivity (Wildman–Crippen MR) is 150 cm³/mol. The lowest BCUT2D eigenvalue weighted by Gasteiger charge is -2.40. The molecule has 1 aliphatic heterocycles. The molecule has 2 aliphatic carbocycles. The molecular weight excluding hydrogens is 488 g/mol. The van der Waals surface area contributed by atoms with Crippen molar-refractivity contribution in [3.8, 4) is 5.75 Å². The van der Waals surface area contributed by atoms with E-state index in [0.717, 1.165) is 44.4 Å². The van der Waals surface area contributed by atoms with Crippen LogP contribution in [0.25, 0.3) is 0 Å². The molecule has 0 radical (unpaired) electrons. The summed E-state index contributed by atoms with van der Waals surface area (Å²) in [5, 5.41) is 7.89. The number of methoxy groups -OCH3 is 1. The molecule has 0 bridgehead atoms. The monoisotopic (exact) mass is 526 g/mol. The lowest BCUT2D eigenvalue weighted by atomic mass is 9.73. The van der Waals surface area contributed by atoms with Gasteiger partial charge in [-0.1, -0.05) is 35.9 Å². The van der Waals surface area contributed by atoms with Crippen LogP contribution in [0.3, 0.4) is 0 Å². The minimum absolute atomic E-state index is 0.00558. The third-order valence-corrected chi connectivity index (χ3v) is 9.29. The molecule has 2 heterocycles. The SMILES string of the molecule is CCn1ccc(C(=O)N2CCC3(CC2)CC(NC(=O)C2CCc4cccc(OC)c4C2)c2cc(C)ccc23)n1. The molecule has 1 saturated heterocycles. The summed E-state index contributed by atoms with van der Waals surface area (Å²) in [6.07, 6.45) is 7.01. The normalized spacial score (nSPS) is 21.4. The zero-order valence-electron chi connectivity index (χ0n) is 23.2. The van der Waals surface area contributed by atoms with Crippen molar-refractivity contribution in [1.82, 2.24) is 20.0 Å². The second kappa shape index (κ2) is 10.2. The number of amides is 2. The highest BCUT2D eigenvalue weighted by Gasteiger charge is 2.47. The number of fused-ring (bicyclic) bond motifs is 3. The summed E-state index contributed by atoms with van der Waals surface area (Å²) in [6.45, 7) is 6.28. The van der Waals surface area contributed by atoms with E-state index in [-0.39, 0.29) is 29.2 Å². The summed E-state index contributed by atoms with van der Waals surface area (Å²) in [5.41, 5.74) is 6.76. The maximum atomic E-state index is 13.6. The predicted octanol–water partition coefficient (Wildman–Crippen LogP) is 4.76. The minimum atomic E-state index is -0.0546. The fourth-order valence-electron chi connectivity index (χ4n) is 7.08. The van der Waals surface area contributed by atoms with Crippen LogP contribution < -0.4 is 10.1 Å². The van der Waals surface area contributed by atoms with E-state index in [0.29, 0.717) is 25.2 Å². The molecule has 7 nitrogen and oxygen atoms in total. The number of carbonyl (C=O) groups is 2. The molecule has 1 N–H and O–H groups in total. The van der Waals surface area contributed by atoms with Crippen molar-refractivity contribution < 1.29 is 14.3 Å². The number of ether oxygens (including phenoxy) is 1. The molecule has 3 aromatic rings. The number of likely N-dealkylation sites (tertiary alicyclic amines) is 1. The van der Waals surface area contributed by atoms with Gasteiger partial charge >= 0.3 is 0 Å². The molecule has 204 valence electrons. The molecule has 1 fully saturated rings. The second-order valence-corrected chi connectivity index (χ2v) is 11.5. The highest BCUT2D eigenvalue weighted by atomic mass is 16.5. The first-order valence-electron chi connectivity index (χ1n) is 14.3. The third kappa shape index (κ3) is 4.62. The van der Waals surface area contributed by atoms with Gasteiger partial charge in [0.1, 0.15) is 11.4 Å². The Morgan fingerprint density at radius 3 is 2.72 bits per heavy atom. The average Bonchev–Trinajstić information content (AvgIpc) is 3.55. The molecular formula is C32H38N4O3. The first kappa shape index (κ1) is 25.7. The van der Waals surface area contributed by atoms with Crippen LogP contribution in [-0.4, -0.2) is 46.7 Å². The number of aromatic nitrogens is 2. The molecule has 39 heavy (non-hydrogen) atoms. The maximum absolute atomic E-state index is 13.6. The molecule has 2 atom stereocenters. The maximum Gasteiger partial charge on any atom is 0.274 e. The summed E-state index contributed by atoms with van der Waals surface area (Å²) in [5.74, 6) is 0.979. The first-order chi connectivity index (χ1) is 18.9. The molecule has 3 aliphatic rings. The van der Waals surface area contributed by atoms with E-state index in [9.17, 15) is 9.59 Å². The lowest BCUT2D eigenvalue weighted by Crippen LogP contribution is -2.45. The Hall–Kier alpha value is -3.61. The summed E-state index contributed by atoms with van der Waals surface area (Å²) in [4.78, 5) is 28.7. The smallest absolute Gasteiger partial charge is 0.274 e. The van der Waals surface area contributed by atoms with Gasteiger partial charge in [-0.15, -0.1) is 0 Å². The fraction of sp³-hybridized carbons (Fsp3) is 0.469. The Morgan fingerprint density at radius 1 is 1.15 bits per heavy atom. The minimum Gasteiger partial charge on any atom is -0.496 e. The number of hydrogen-bond donors (Lipinski definition) is 1. The van der Waals surface area contributed by atoms with Gasteiger partial charge in [0.25, 0.3) is 5.91 Å². The summed E-state index contributed by atoms with van der Waals surface area (Å²) >= 11 is 0. The van der Waals surface area contributed by atoms with E-state index in [1.807, 2.05) is 36.2 Å². The molecule has 2 amide bonds. The number of carbonyl (C=O) groups excluding carboxylic acids is 2. The van der Waals surface area contributed by atoms with Gasteiger partial charge < -0.3 is 15.0 Å². The van der Waals surface area contributed by atoms with Crippen LogP contribution in [0.5, 0.6) is 5.75 Å². The first-order valence-corrected chi connectivity index (χ1v) is 14.3. The molecule has 6 rings (SSSR count). The van der Waals surface area contributed by atoms with Crippen LogP contribution in [0.1, 0.15) is 77.0 Å². The van der Waals surface area contributed by atoms with Crippen molar-refractivity contribution in [2.45, 2.75) is 70.4 Å². The molecule has 2 aromatic carbocycles. The van der Waals surface area contributed by atoms with E-state index in [2.05, 4.69) is 41.6 Å². The van der Waals surface area contributed by atoms with Crippen LogP contribution >= 0.6 is 0 Å². The second-order valence-electron chi connectivity index (χ2n) is 11.5. The summed E-state index contributed by atoms with van der Waals surface area (Å²) < 4.78 is 7.40. The number of piperidine rings is 1. The quantitative estimate of drug-likeness (QED) is 0.520. The number of nitrogens with one attached hydrogen (secondary N) is 1. The highest BCUT2D eigenvalue weighted by Crippen LogP contribution is 2.51. The van der Waals surface area contributed by atoms with Gasteiger partial charge in [0.05, 0.1) is 13.2 Å². The molecule has 7 heteroatoms. The van der Waals surface area contributed by atoms with Gasteiger partial charge in [-0.3, -0.25) is 14.3 Å². The topological polar surface area (TPSA) is 76.5 Å². The van der Waals surface area contributed by atoms with Gasteiger partial charge in [0, 0.05) is 37.2 Å². The van der Waals surface area contributed by atoms with Crippen LogP contribution in [0.15, 0.2) is 48.7 Å². The molecule has 0 saturated carbocycles. The average molecular weight is 527 g/mol. The Bertz CT molecular complexity index is 1390. The van der Waals surface area contributed by atoms with Gasteiger partial charge in [-0.25, -0.2) is 0 Å². The van der Waals surface area contributed by atoms with E-state index < -0.39 is 0 Å². The van der Waals surface area contributed by atoms with E-state index in [1.165, 1.54) is 27.8 Å². The molecule has 1 spiro atoms. The largest absolute Gasteiger partial charge is 0.496 e. The van der Waals surface area contributed by atoms with E-state index in [1.54, 1.807) is 11.8 Å². The van der Waals surface area contributed by atoms with Crippen LogP contribution in [-0.2, 0) is 29.6 Å². The standard InChI is InChI=1S/C32H38N4O3/c1-4-36-15-12-27(34-36)31(38)35-16-13-32(14-17-35)20-28(25-18-21(2)8-11-26(25)32)33-30(37)23-10-9-22-6-5-7-29(39-3)24(22)19-23/h5-8,11-12,15,18,23,28H,4,9-10,13-14,16-17,19-20H2,1-3H3,(H,33,37). The van der Waals surface area contributed by atoms with Crippen molar-refractivity contribution in [2.75, 3.05) is 20.2 Å². The van der Waals surface area contributed by atoms with Crippen LogP contribution in [0.4, 0.5) is 0 Å². The van der Waals surface area contributed by atoms with E-state index >= 15 is 0 Å². The van der Waals surface area contributed by atoms with Crippen molar-refractivity contribution in [3.05, 3.63) is 82.2 Å². The van der Waals surface area contributed by atoms with Crippen LogP contribution in [0, 0.1) is 12.8 Å². The van der Waals surface area contributed by atoms with Crippen molar-refractivity contribution >= 4 is 11.8 Å². The van der Waals surface area contributed by atoms with Gasteiger partial charge in [-0.05, 0) is 86.8 Å². The van der Waals surface area contributed by atoms with Crippen molar-refractivity contribution in [2.24, 2.45) is 5.92 Å². The van der Waals surface area contributed by atoms with E-state index in [4.69, 9.17) is 4.74 Å². The number of benzene rings is 2. The number of hydrogen-bond acceptors (Lipinski definition) is 4. The Kier molecular flexibility index (Phi) is 6.69. The number of rotatable bonds is 5. The Morgan fingerprint density at radius 2 is 1.97 bits per heavy atom. The fourth-order valence-corrected chi connectivity index (χ4v) is 7.08. The summed E-state index contributed by atoms with van der Waals surface area (Å²) in [6, 6.07) is 14.7. The Balaban J connectivity index is 1.17. The van der Waals surface area contributed by atoms with Crippen LogP contribution in [0.2, 0.25) is 0 Å². The van der Waals surface area contributed by atoms with Gasteiger partial charge in [0.2, 0.25) is 5.91 Å². The number of nitrogens with zero attached hydrogens (tertiary/aromatic N) is 3. The zero-order valence-corrected chi connectivity index (χ0v) is 23.2. The number of aryl methyl sites for hydroxylation is 3. The zero-order chi connectivity index (χ0) is 27.1. The third-order valence-electron chi connectivity index (χ3n) is 9.29.